The highest BCUT2D eigenvalue weighted by molar-refractivity contribution is 9.10. The Kier molecular flexibility index (Phi) is 3.61. The molecule has 0 saturated heterocycles. The van der Waals surface area contributed by atoms with Gasteiger partial charge in [0.15, 0.2) is 4.73 Å². The fourth-order valence-electron chi connectivity index (χ4n) is 3.95. The summed E-state index contributed by atoms with van der Waals surface area (Å²) in [7, 11) is 0. The van der Waals surface area contributed by atoms with Crippen molar-refractivity contribution < 1.29 is 4.42 Å². The second-order valence-corrected chi connectivity index (χ2v) is 7.77. The number of benzene rings is 4. The van der Waals surface area contributed by atoms with Crippen molar-refractivity contribution in [2.24, 2.45) is 0 Å². The van der Waals surface area contributed by atoms with Crippen LogP contribution < -0.4 is 0 Å². The van der Waals surface area contributed by atoms with Gasteiger partial charge in [-0.1, -0.05) is 60.7 Å². The van der Waals surface area contributed by atoms with Crippen molar-refractivity contribution in [2.75, 3.05) is 0 Å². The molecule has 4 aromatic carbocycles. The van der Waals surface area contributed by atoms with Gasteiger partial charge in [-0.15, -0.1) is 0 Å². The second-order valence-electron chi connectivity index (χ2n) is 7.06. The first kappa shape index (κ1) is 16.6. The minimum atomic E-state index is 0.775. The van der Waals surface area contributed by atoms with Crippen LogP contribution in [0.2, 0.25) is 0 Å². The van der Waals surface area contributed by atoms with Crippen molar-refractivity contribution >= 4 is 48.9 Å². The lowest BCUT2D eigenvalue weighted by Crippen LogP contribution is -1.94. The molecule has 2 heterocycles. The predicted molar refractivity (Wildman–Crippen MR) is 121 cm³/mol. The molecule has 6 aromatic rings. The quantitative estimate of drug-likeness (QED) is 0.282. The lowest BCUT2D eigenvalue weighted by Gasteiger charge is -2.08. The van der Waals surface area contributed by atoms with Gasteiger partial charge in [0.2, 0.25) is 0 Å². The molecule has 0 radical (unpaired) electrons. The minimum absolute atomic E-state index is 0.775. The van der Waals surface area contributed by atoms with Crippen LogP contribution in [0, 0.1) is 0 Å². The predicted octanol–water partition coefficient (Wildman–Crippen LogP) is 7.35. The molecule has 2 aromatic heterocycles. The van der Waals surface area contributed by atoms with E-state index in [0.717, 1.165) is 43.4 Å². The van der Waals surface area contributed by atoms with E-state index < -0.39 is 0 Å². The van der Waals surface area contributed by atoms with Gasteiger partial charge < -0.3 is 4.42 Å². The Morgan fingerprint density at radius 2 is 1.41 bits per heavy atom. The highest BCUT2D eigenvalue weighted by Crippen LogP contribution is 2.34. The van der Waals surface area contributed by atoms with Crippen LogP contribution in [0.1, 0.15) is 0 Å². The number of aromatic nitrogens is 2. The largest absolute Gasteiger partial charge is 0.456 e. The Bertz CT molecular complexity index is 1500. The molecule has 6 rings (SSSR count). The summed E-state index contributed by atoms with van der Waals surface area (Å²) < 4.78 is 8.92. The van der Waals surface area contributed by atoms with Gasteiger partial charge >= 0.3 is 0 Å². The molecule has 0 aliphatic carbocycles. The maximum absolute atomic E-state index is 6.02. The van der Waals surface area contributed by atoms with E-state index in [1.807, 2.05) is 30.3 Å². The summed E-state index contributed by atoms with van der Waals surface area (Å²) in [5.41, 5.74) is 7.16. The van der Waals surface area contributed by atoms with Gasteiger partial charge in [-0.3, -0.25) is 4.57 Å². The second kappa shape index (κ2) is 6.33. The molecule has 3 nitrogen and oxygen atoms in total. The molecule has 0 saturated carbocycles. The topological polar surface area (TPSA) is 31.0 Å². The Morgan fingerprint density at radius 1 is 0.690 bits per heavy atom. The van der Waals surface area contributed by atoms with Crippen molar-refractivity contribution in [3.63, 3.8) is 0 Å². The smallest absolute Gasteiger partial charge is 0.182 e. The summed E-state index contributed by atoms with van der Waals surface area (Å²) in [5.74, 6) is 0. The summed E-state index contributed by atoms with van der Waals surface area (Å²) in [5, 5.41) is 2.22. The van der Waals surface area contributed by atoms with Gasteiger partial charge in [0.25, 0.3) is 0 Å². The molecule has 0 aliphatic rings. The van der Waals surface area contributed by atoms with Crippen LogP contribution >= 0.6 is 15.9 Å². The number of furan rings is 1. The number of halogens is 1. The highest BCUT2D eigenvalue weighted by Gasteiger charge is 2.15. The molecule has 4 heteroatoms. The fourth-order valence-corrected chi connectivity index (χ4v) is 4.53. The summed E-state index contributed by atoms with van der Waals surface area (Å²) in [6.45, 7) is 0. The molecule has 0 atom stereocenters. The van der Waals surface area contributed by atoms with Crippen LogP contribution in [0.15, 0.2) is 100 Å². The molecule has 0 fully saturated rings. The Morgan fingerprint density at radius 3 is 2.24 bits per heavy atom. The normalized spacial score (nSPS) is 11.6. The average molecular weight is 439 g/mol. The number of fused-ring (bicyclic) bond motifs is 4. The molecule has 138 valence electrons. The van der Waals surface area contributed by atoms with E-state index in [-0.39, 0.29) is 0 Å². The summed E-state index contributed by atoms with van der Waals surface area (Å²) in [6, 6.07) is 31.3. The fraction of sp³-hybridized carbons (Fsp3) is 0. The van der Waals surface area contributed by atoms with Crippen LogP contribution in [0.5, 0.6) is 0 Å². The summed E-state index contributed by atoms with van der Waals surface area (Å²) in [6.07, 6.45) is 0. The van der Waals surface area contributed by atoms with E-state index in [9.17, 15) is 0 Å². The van der Waals surface area contributed by atoms with Crippen LogP contribution in [-0.2, 0) is 0 Å². The van der Waals surface area contributed by atoms with E-state index in [0.29, 0.717) is 0 Å². The van der Waals surface area contributed by atoms with Crippen molar-refractivity contribution in [1.29, 1.82) is 0 Å². The van der Waals surface area contributed by atoms with Crippen molar-refractivity contribution in [1.82, 2.24) is 9.55 Å². The third kappa shape index (κ3) is 2.60. The minimum Gasteiger partial charge on any atom is -0.456 e. The maximum atomic E-state index is 6.02. The lowest BCUT2D eigenvalue weighted by atomic mass is 10.1. The lowest BCUT2D eigenvalue weighted by molar-refractivity contribution is 0.669. The molecular formula is C25H15BrN2O. The molecule has 0 spiro atoms. The number of para-hydroxylation sites is 1. The van der Waals surface area contributed by atoms with Crippen LogP contribution in [0.4, 0.5) is 0 Å². The Balaban J connectivity index is 1.55. The first-order valence-corrected chi connectivity index (χ1v) is 10.2. The van der Waals surface area contributed by atoms with E-state index in [2.05, 4.69) is 81.2 Å². The third-order valence-electron chi connectivity index (χ3n) is 5.34. The van der Waals surface area contributed by atoms with Crippen molar-refractivity contribution in [3.05, 3.63) is 95.7 Å². The van der Waals surface area contributed by atoms with E-state index in [4.69, 9.17) is 9.40 Å². The van der Waals surface area contributed by atoms with Gasteiger partial charge in [-0.05, 0) is 51.3 Å². The number of nitrogens with zero attached hydrogens (tertiary/aromatic N) is 2. The molecule has 0 unspecified atom stereocenters. The summed E-state index contributed by atoms with van der Waals surface area (Å²) >= 11 is 3.64. The first-order chi connectivity index (χ1) is 14.3. The molecule has 0 aliphatic heterocycles. The monoisotopic (exact) mass is 438 g/mol. The van der Waals surface area contributed by atoms with E-state index >= 15 is 0 Å². The van der Waals surface area contributed by atoms with Gasteiger partial charge in [-0.2, -0.15) is 0 Å². The Hall–Kier alpha value is -3.37. The zero-order valence-corrected chi connectivity index (χ0v) is 16.9. The molecule has 29 heavy (non-hydrogen) atoms. The standard InChI is InChI=1S/C25H15BrN2O/c26-25-27-21-15-24-20(19-8-4-5-9-23(19)29-24)14-22(21)28(25)18-12-10-17(11-13-18)16-6-2-1-3-7-16/h1-15H. The Labute approximate surface area is 175 Å². The van der Waals surface area contributed by atoms with Gasteiger partial charge in [0, 0.05) is 22.5 Å². The van der Waals surface area contributed by atoms with Crippen molar-refractivity contribution in [3.8, 4) is 16.8 Å². The zero-order chi connectivity index (χ0) is 19.4. The molecular weight excluding hydrogens is 424 g/mol. The maximum Gasteiger partial charge on any atom is 0.182 e. The molecule has 0 amide bonds. The van der Waals surface area contributed by atoms with Crippen LogP contribution in [0.3, 0.4) is 0 Å². The zero-order valence-electron chi connectivity index (χ0n) is 15.3. The van der Waals surface area contributed by atoms with Gasteiger partial charge in [0.05, 0.1) is 11.0 Å². The first-order valence-electron chi connectivity index (χ1n) is 9.43. The van der Waals surface area contributed by atoms with Gasteiger partial charge in [0.1, 0.15) is 11.2 Å². The number of hydrogen-bond acceptors (Lipinski definition) is 2. The van der Waals surface area contributed by atoms with Crippen LogP contribution in [-0.4, -0.2) is 9.55 Å². The SMILES string of the molecule is Brc1nc2cc3oc4ccccc4c3cc2n1-c1ccc(-c2ccccc2)cc1. The van der Waals surface area contributed by atoms with E-state index in [1.165, 1.54) is 11.1 Å². The molecule has 0 N–H and O–H groups in total. The van der Waals surface area contributed by atoms with Crippen LogP contribution in [0.25, 0.3) is 49.8 Å². The highest BCUT2D eigenvalue weighted by atomic mass is 79.9. The average Bonchev–Trinajstić information content (AvgIpc) is 3.28. The molecule has 0 bridgehead atoms. The van der Waals surface area contributed by atoms with Crippen molar-refractivity contribution in [2.45, 2.75) is 0 Å². The number of hydrogen-bond donors (Lipinski definition) is 0. The van der Waals surface area contributed by atoms with Gasteiger partial charge in [-0.25, -0.2) is 4.98 Å². The summed E-state index contributed by atoms with van der Waals surface area (Å²) in [4.78, 5) is 4.71. The third-order valence-corrected chi connectivity index (χ3v) is 5.88. The number of imidazole rings is 1. The van der Waals surface area contributed by atoms with E-state index in [1.54, 1.807) is 0 Å². The number of rotatable bonds is 2.